The topological polar surface area (TPSA) is 107 Å². The van der Waals surface area contributed by atoms with Crippen molar-refractivity contribution in [3.05, 3.63) is 63.8 Å². The first-order chi connectivity index (χ1) is 14.6. The van der Waals surface area contributed by atoms with Gasteiger partial charge in [-0.1, -0.05) is 29.4 Å². The van der Waals surface area contributed by atoms with Crippen molar-refractivity contribution >= 4 is 5.78 Å². The quantitative estimate of drug-likeness (QED) is 0.509. The first-order valence-corrected chi connectivity index (χ1v) is 10.2. The molecule has 0 spiro atoms. The lowest BCUT2D eigenvalue weighted by molar-refractivity contribution is 0.0888. The van der Waals surface area contributed by atoms with Crippen molar-refractivity contribution in [2.75, 3.05) is 6.61 Å². The molecule has 0 aliphatic carbocycles. The summed E-state index contributed by atoms with van der Waals surface area (Å²) in [6.45, 7) is 7.63. The van der Waals surface area contributed by atoms with E-state index in [2.05, 4.69) is 0 Å². The van der Waals surface area contributed by atoms with E-state index in [9.17, 15) is 25.2 Å². The minimum Gasteiger partial charge on any atom is -0.508 e. The Morgan fingerprint density at radius 3 is 2.16 bits per heavy atom. The number of benzene rings is 2. The standard InChI is InChI=1S/C25H28O6/c1-13(2)5-8-17-22(28)18(9-6-14(3)4)25-21(23(17)29)24(30)19(12-31-25)16-10-7-15(26)11-20(16)27/h5-7,10-11,19,26-29H,8-9,12H2,1-4H3/t19-/m0/s1. The molecule has 6 nitrogen and oxygen atoms in total. The van der Waals surface area contributed by atoms with E-state index in [1.165, 1.54) is 12.1 Å². The molecule has 1 aliphatic heterocycles. The van der Waals surface area contributed by atoms with Gasteiger partial charge >= 0.3 is 0 Å². The van der Waals surface area contributed by atoms with Crippen molar-refractivity contribution in [1.82, 2.24) is 0 Å². The van der Waals surface area contributed by atoms with E-state index in [-0.39, 0.29) is 52.9 Å². The van der Waals surface area contributed by atoms with Gasteiger partial charge in [0.05, 0.1) is 5.92 Å². The molecule has 0 saturated heterocycles. The summed E-state index contributed by atoms with van der Waals surface area (Å²) >= 11 is 0. The Kier molecular flexibility index (Phi) is 6.29. The lowest BCUT2D eigenvalue weighted by atomic mass is 9.84. The Balaban J connectivity index is 2.19. The molecule has 0 saturated carbocycles. The molecule has 0 unspecified atom stereocenters. The molecule has 0 fully saturated rings. The Labute approximate surface area is 181 Å². The first kappa shape index (κ1) is 22.3. The van der Waals surface area contributed by atoms with Crippen LogP contribution in [0.2, 0.25) is 0 Å². The molecule has 164 valence electrons. The number of carbonyl (C=O) groups excluding carboxylic acids is 1. The monoisotopic (exact) mass is 424 g/mol. The fraction of sp³-hybridized carbons (Fsp3) is 0.320. The zero-order chi connectivity index (χ0) is 22.9. The smallest absolute Gasteiger partial charge is 0.181 e. The van der Waals surface area contributed by atoms with Crippen molar-refractivity contribution in [1.29, 1.82) is 0 Å². The highest BCUT2D eigenvalue weighted by atomic mass is 16.5. The van der Waals surface area contributed by atoms with Gasteiger partial charge in [-0.3, -0.25) is 4.79 Å². The largest absolute Gasteiger partial charge is 0.508 e. The molecule has 6 heteroatoms. The third-order valence-corrected chi connectivity index (χ3v) is 5.37. The summed E-state index contributed by atoms with van der Waals surface area (Å²) in [4.78, 5) is 13.4. The Bertz CT molecular complexity index is 1090. The number of ketones is 1. The zero-order valence-electron chi connectivity index (χ0n) is 18.2. The maximum atomic E-state index is 13.4. The van der Waals surface area contributed by atoms with E-state index in [1.807, 2.05) is 39.8 Å². The number of phenolic OH excluding ortho intramolecular Hbond substituents is 4. The average Bonchev–Trinajstić information content (AvgIpc) is 2.68. The van der Waals surface area contributed by atoms with E-state index < -0.39 is 11.7 Å². The van der Waals surface area contributed by atoms with Crippen LogP contribution in [0.25, 0.3) is 0 Å². The minimum absolute atomic E-state index is 0.0100. The summed E-state index contributed by atoms with van der Waals surface area (Å²) in [7, 11) is 0. The molecule has 3 rings (SSSR count). The van der Waals surface area contributed by atoms with Crippen LogP contribution in [0, 0.1) is 0 Å². The molecule has 0 radical (unpaired) electrons. The van der Waals surface area contributed by atoms with Gasteiger partial charge in [0.25, 0.3) is 0 Å². The predicted molar refractivity (Wildman–Crippen MR) is 118 cm³/mol. The summed E-state index contributed by atoms with van der Waals surface area (Å²) < 4.78 is 5.89. The van der Waals surface area contributed by atoms with Gasteiger partial charge in [0, 0.05) is 22.8 Å². The van der Waals surface area contributed by atoms with Gasteiger partial charge in [0.1, 0.15) is 40.9 Å². The molecule has 4 N–H and O–H groups in total. The lowest BCUT2D eigenvalue weighted by Gasteiger charge is -2.29. The molecule has 0 aromatic heterocycles. The van der Waals surface area contributed by atoms with E-state index in [4.69, 9.17) is 4.74 Å². The second-order valence-electron chi connectivity index (χ2n) is 8.30. The van der Waals surface area contributed by atoms with Gasteiger partial charge in [-0.15, -0.1) is 0 Å². The number of Topliss-reactive ketones (excluding diaryl/α,β-unsaturated/α-hetero) is 1. The zero-order valence-corrected chi connectivity index (χ0v) is 18.2. The van der Waals surface area contributed by atoms with Crippen molar-refractivity contribution in [3.63, 3.8) is 0 Å². The number of rotatable bonds is 5. The van der Waals surface area contributed by atoms with Crippen LogP contribution in [0.1, 0.15) is 60.7 Å². The summed E-state index contributed by atoms with van der Waals surface area (Å²) in [5.74, 6) is -1.81. The highest BCUT2D eigenvalue weighted by Gasteiger charge is 2.38. The number of hydrogen-bond donors (Lipinski definition) is 4. The molecule has 0 amide bonds. The first-order valence-electron chi connectivity index (χ1n) is 10.2. The van der Waals surface area contributed by atoms with Crippen LogP contribution < -0.4 is 4.74 Å². The Morgan fingerprint density at radius 1 is 0.968 bits per heavy atom. The maximum absolute atomic E-state index is 13.4. The van der Waals surface area contributed by atoms with E-state index in [0.717, 1.165) is 17.2 Å². The van der Waals surface area contributed by atoms with E-state index in [0.29, 0.717) is 17.5 Å². The number of allylic oxidation sites excluding steroid dienone is 4. The number of fused-ring (bicyclic) bond motifs is 1. The Hall–Kier alpha value is -3.41. The number of hydrogen-bond acceptors (Lipinski definition) is 6. The molecule has 1 aliphatic rings. The molecule has 1 heterocycles. The third kappa shape index (κ3) is 4.38. The summed E-state index contributed by atoms with van der Waals surface area (Å²) in [5.41, 5.74) is 3.09. The van der Waals surface area contributed by atoms with Gasteiger partial charge in [-0.2, -0.15) is 0 Å². The third-order valence-electron chi connectivity index (χ3n) is 5.37. The van der Waals surface area contributed by atoms with Gasteiger partial charge in [-0.05, 0) is 46.6 Å². The molecule has 2 aromatic carbocycles. The summed E-state index contributed by atoms with van der Waals surface area (Å²) in [6.07, 6.45) is 4.39. The Morgan fingerprint density at radius 2 is 1.58 bits per heavy atom. The van der Waals surface area contributed by atoms with Crippen molar-refractivity contribution in [3.8, 4) is 28.7 Å². The second-order valence-corrected chi connectivity index (χ2v) is 8.30. The molecule has 1 atom stereocenters. The molecule has 0 bridgehead atoms. The van der Waals surface area contributed by atoms with Gasteiger partial charge in [0.15, 0.2) is 5.78 Å². The van der Waals surface area contributed by atoms with Crippen LogP contribution in [0.5, 0.6) is 28.7 Å². The molecule has 31 heavy (non-hydrogen) atoms. The maximum Gasteiger partial charge on any atom is 0.181 e. The SMILES string of the molecule is CC(C)=CCc1c(O)c(CC=C(C)C)c2c(c1O)C(=O)[C@H](c1ccc(O)cc1O)CO2. The van der Waals surface area contributed by atoms with E-state index in [1.54, 1.807) is 0 Å². The van der Waals surface area contributed by atoms with Crippen LogP contribution >= 0.6 is 0 Å². The number of carbonyl (C=O) groups is 1. The van der Waals surface area contributed by atoms with Crippen LogP contribution in [0.3, 0.4) is 0 Å². The highest BCUT2D eigenvalue weighted by molar-refractivity contribution is 6.07. The van der Waals surface area contributed by atoms with Crippen LogP contribution in [-0.2, 0) is 12.8 Å². The van der Waals surface area contributed by atoms with Gasteiger partial charge < -0.3 is 25.2 Å². The molecular formula is C25H28O6. The normalized spacial score (nSPS) is 15.1. The van der Waals surface area contributed by atoms with Gasteiger partial charge in [-0.25, -0.2) is 0 Å². The molecule has 2 aromatic rings. The van der Waals surface area contributed by atoms with Crippen molar-refractivity contribution < 1.29 is 30.0 Å². The lowest BCUT2D eigenvalue weighted by Crippen LogP contribution is -2.27. The van der Waals surface area contributed by atoms with Crippen LogP contribution in [0.4, 0.5) is 0 Å². The van der Waals surface area contributed by atoms with Crippen LogP contribution in [0.15, 0.2) is 41.5 Å². The predicted octanol–water partition coefficient (Wildman–Crippen LogP) is 4.89. The van der Waals surface area contributed by atoms with E-state index >= 15 is 0 Å². The number of phenols is 4. The number of aromatic hydroxyl groups is 4. The summed E-state index contributed by atoms with van der Waals surface area (Å²) in [6, 6.07) is 4.01. The van der Waals surface area contributed by atoms with Crippen LogP contribution in [-0.4, -0.2) is 32.8 Å². The second kappa shape index (κ2) is 8.76. The highest BCUT2D eigenvalue weighted by Crippen LogP contribution is 2.48. The fourth-order valence-electron chi connectivity index (χ4n) is 3.67. The fourth-order valence-corrected chi connectivity index (χ4v) is 3.67. The van der Waals surface area contributed by atoms with Crippen molar-refractivity contribution in [2.24, 2.45) is 0 Å². The van der Waals surface area contributed by atoms with Crippen molar-refractivity contribution in [2.45, 2.75) is 46.5 Å². The number of ether oxygens (including phenoxy) is 1. The average molecular weight is 424 g/mol. The summed E-state index contributed by atoms with van der Waals surface area (Å²) in [5, 5.41) is 41.7. The minimum atomic E-state index is -0.851. The van der Waals surface area contributed by atoms with Gasteiger partial charge in [0.2, 0.25) is 0 Å². The molecular weight excluding hydrogens is 396 g/mol.